The van der Waals surface area contributed by atoms with Crippen LogP contribution >= 0.6 is 0 Å². The second-order valence-corrected chi connectivity index (χ2v) is 5.32. The maximum Gasteiger partial charge on any atom is 0.123 e. The molecule has 0 radical (unpaired) electrons. The lowest BCUT2D eigenvalue weighted by Gasteiger charge is -2.26. The summed E-state index contributed by atoms with van der Waals surface area (Å²) in [4.78, 5) is 0. The van der Waals surface area contributed by atoms with Crippen LogP contribution in [0.5, 0.6) is 0 Å². The molecule has 2 aromatic rings. The zero-order chi connectivity index (χ0) is 14.0. The van der Waals surface area contributed by atoms with Gasteiger partial charge in [0.25, 0.3) is 0 Å². The Balaban J connectivity index is 2.31. The molecule has 0 amide bonds. The molecule has 19 heavy (non-hydrogen) atoms. The molecule has 0 aliphatic rings. The van der Waals surface area contributed by atoms with Gasteiger partial charge in [-0.2, -0.15) is 0 Å². The van der Waals surface area contributed by atoms with E-state index in [2.05, 4.69) is 0 Å². The summed E-state index contributed by atoms with van der Waals surface area (Å²) < 4.78 is 12.9. The van der Waals surface area contributed by atoms with Crippen molar-refractivity contribution in [3.8, 4) is 0 Å². The Labute approximate surface area is 113 Å². The van der Waals surface area contributed by atoms with E-state index in [0.29, 0.717) is 6.42 Å². The van der Waals surface area contributed by atoms with Gasteiger partial charge in [-0.05, 0) is 55.2 Å². The quantitative estimate of drug-likeness (QED) is 0.885. The Hall–Kier alpha value is -1.67. The average molecular weight is 258 g/mol. The van der Waals surface area contributed by atoms with Crippen molar-refractivity contribution in [3.63, 3.8) is 0 Å². The van der Waals surface area contributed by atoms with Crippen LogP contribution in [-0.2, 0) is 12.0 Å². The minimum Gasteiger partial charge on any atom is -0.385 e. The summed E-state index contributed by atoms with van der Waals surface area (Å²) >= 11 is 0. The van der Waals surface area contributed by atoms with Crippen LogP contribution in [-0.4, -0.2) is 5.11 Å². The Morgan fingerprint density at radius 3 is 2.32 bits per heavy atom. The highest BCUT2D eigenvalue weighted by Crippen LogP contribution is 2.29. The van der Waals surface area contributed by atoms with E-state index < -0.39 is 5.60 Å². The van der Waals surface area contributed by atoms with Crippen molar-refractivity contribution in [2.45, 2.75) is 32.8 Å². The van der Waals surface area contributed by atoms with Crippen LogP contribution in [0.3, 0.4) is 0 Å². The van der Waals surface area contributed by atoms with Crippen LogP contribution in [0.1, 0.15) is 29.2 Å². The predicted molar refractivity (Wildman–Crippen MR) is 75.6 cm³/mol. The van der Waals surface area contributed by atoms with Gasteiger partial charge < -0.3 is 5.11 Å². The summed E-state index contributed by atoms with van der Waals surface area (Å²) in [5, 5.41) is 10.7. The number of hydrogen-bond donors (Lipinski definition) is 1. The highest BCUT2D eigenvalue weighted by Gasteiger charge is 2.25. The largest absolute Gasteiger partial charge is 0.385 e. The predicted octanol–water partition coefficient (Wildman–Crippen LogP) is 3.89. The molecule has 1 unspecified atom stereocenters. The van der Waals surface area contributed by atoms with Gasteiger partial charge in [-0.1, -0.05) is 30.3 Å². The van der Waals surface area contributed by atoms with Gasteiger partial charge in [0.1, 0.15) is 5.82 Å². The van der Waals surface area contributed by atoms with E-state index >= 15 is 0 Å². The molecular formula is C17H19FO. The van der Waals surface area contributed by atoms with Gasteiger partial charge >= 0.3 is 0 Å². The van der Waals surface area contributed by atoms with Crippen molar-refractivity contribution in [2.75, 3.05) is 0 Å². The van der Waals surface area contributed by atoms with Gasteiger partial charge in [0.05, 0.1) is 5.60 Å². The zero-order valence-corrected chi connectivity index (χ0v) is 11.6. The van der Waals surface area contributed by atoms with Gasteiger partial charge in [0.2, 0.25) is 0 Å². The molecule has 0 fully saturated rings. The molecule has 0 saturated heterocycles. The number of aryl methyl sites for hydroxylation is 1. The number of halogens is 1. The lowest BCUT2D eigenvalue weighted by molar-refractivity contribution is 0.0569. The molecule has 1 N–H and O–H groups in total. The number of rotatable bonds is 3. The normalized spacial score (nSPS) is 14.2. The van der Waals surface area contributed by atoms with Gasteiger partial charge in [0.15, 0.2) is 0 Å². The molecule has 2 heteroatoms. The summed E-state index contributed by atoms with van der Waals surface area (Å²) in [5.74, 6) is -0.255. The van der Waals surface area contributed by atoms with Gasteiger partial charge in [-0.3, -0.25) is 0 Å². The molecule has 0 spiro atoms. The maximum atomic E-state index is 12.9. The highest BCUT2D eigenvalue weighted by molar-refractivity contribution is 5.38. The zero-order valence-electron chi connectivity index (χ0n) is 11.6. The molecule has 0 heterocycles. The van der Waals surface area contributed by atoms with Crippen LogP contribution in [0.4, 0.5) is 4.39 Å². The maximum absolute atomic E-state index is 12.9. The van der Waals surface area contributed by atoms with Gasteiger partial charge in [0, 0.05) is 6.42 Å². The van der Waals surface area contributed by atoms with Crippen LogP contribution in [0.2, 0.25) is 0 Å². The fourth-order valence-electron chi connectivity index (χ4n) is 2.43. The first-order chi connectivity index (χ1) is 8.90. The first-order valence-electron chi connectivity index (χ1n) is 6.44. The van der Waals surface area contributed by atoms with E-state index in [1.165, 1.54) is 12.1 Å². The van der Waals surface area contributed by atoms with Crippen LogP contribution in [0.25, 0.3) is 0 Å². The number of hydrogen-bond acceptors (Lipinski definition) is 1. The smallest absolute Gasteiger partial charge is 0.123 e. The SMILES string of the molecule is Cc1cccc(C(C)(O)Cc2ccc(F)cc2)c1C. The molecule has 1 nitrogen and oxygen atoms in total. The standard InChI is InChI=1S/C17H19FO/c1-12-5-4-6-16(13(12)2)17(3,19)11-14-7-9-15(18)10-8-14/h4-10,19H,11H2,1-3H3. The Kier molecular flexibility index (Phi) is 3.72. The topological polar surface area (TPSA) is 20.2 Å². The number of benzene rings is 2. The summed E-state index contributed by atoms with van der Waals surface area (Å²) in [5.41, 5.74) is 3.17. The summed E-state index contributed by atoms with van der Waals surface area (Å²) in [6.45, 7) is 5.86. The van der Waals surface area contributed by atoms with E-state index in [1.54, 1.807) is 19.1 Å². The Morgan fingerprint density at radius 1 is 1.05 bits per heavy atom. The number of aliphatic hydroxyl groups is 1. The van der Waals surface area contributed by atoms with Crippen LogP contribution < -0.4 is 0 Å². The third-order valence-corrected chi connectivity index (χ3v) is 3.65. The van der Waals surface area contributed by atoms with Crippen molar-refractivity contribution in [1.29, 1.82) is 0 Å². The van der Waals surface area contributed by atoms with E-state index in [0.717, 1.165) is 22.3 Å². The van der Waals surface area contributed by atoms with Crippen molar-refractivity contribution in [2.24, 2.45) is 0 Å². The molecule has 0 aliphatic carbocycles. The molecule has 0 aromatic heterocycles. The lowest BCUT2D eigenvalue weighted by Crippen LogP contribution is -2.25. The van der Waals surface area contributed by atoms with Crippen molar-refractivity contribution < 1.29 is 9.50 Å². The molecule has 2 aromatic carbocycles. The fraction of sp³-hybridized carbons (Fsp3) is 0.294. The van der Waals surface area contributed by atoms with E-state index in [9.17, 15) is 9.50 Å². The Morgan fingerprint density at radius 2 is 1.68 bits per heavy atom. The van der Waals surface area contributed by atoms with Crippen molar-refractivity contribution in [1.82, 2.24) is 0 Å². The van der Waals surface area contributed by atoms with E-state index in [-0.39, 0.29) is 5.82 Å². The lowest BCUT2D eigenvalue weighted by atomic mass is 9.85. The van der Waals surface area contributed by atoms with Crippen LogP contribution in [0, 0.1) is 19.7 Å². The summed E-state index contributed by atoms with van der Waals surface area (Å²) in [7, 11) is 0. The van der Waals surface area contributed by atoms with Gasteiger partial charge in [-0.25, -0.2) is 4.39 Å². The monoisotopic (exact) mass is 258 g/mol. The summed E-state index contributed by atoms with van der Waals surface area (Å²) in [6.07, 6.45) is 0.470. The van der Waals surface area contributed by atoms with E-state index in [1.807, 2.05) is 32.0 Å². The first kappa shape index (κ1) is 13.8. The molecule has 0 bridgehead atoms. The fourth-order valence-corrected chi connectivity index (χ4v) is 2.43. The van der Waals surface area contributed by atoms with Crippen molar-refractivity contribution in [3.05, 3.63) is 70.5 Å². The molecule has 2 rings (SSSR count). The molecule has 0 aliphatic heterocycles. The molecule has 0 saturated carbocycles. The first-order valence-corrected chi connectivity index (χ1v) is 6.44. The molecule has 1 atom stereocenters. The van der Waals surface area contributed by atoms with E-state index in [4.69, 9.17) is 0 Å². The molecule has 100 valence electrons. The highest BCUT2D eigenvalue weighted by atomic mass is 19.1. The van der Waals surface area contributed by atoms with Crippen LogP contribution in [0.15, 0.2) is 42.5 Å². The van der Waals surface area contributed by atoms with Crippen molar-refractivity contribution >= 4 is 0 Å². The third-order valence-electron chi connectivity index (χ3n) is 3.65. The minimum atomic E-state index is -0.950. The third kappa shape index (κ3) is 3.02. The second-order valence-electron chi connectivity index (χ2n) is 5.32. The Bertz CT molecular complexity index is 570. The molecular weight excluding hydrogens is 239 g/mol. The minimum absolute atomic E-state index is 0.255. The second kappa shape index (κ2) is 5.14. The average Bonchev–Trinajstić information content (AvgIpc) is 2.35. The van der Waals surface area contributed by atoms with Gasteiger partial charge in [-0.15, -0.1) is 0 Å². The summed E-state index contributed by atoms with van der Waals surface area (Å²) in [6, 6.07) is 12.2.